The maximum absolute atomic E-state index is 12.3. The molecule has 7 heteroatoms. The number of aromatic hydroxyl groups is 2. The molecule has 2 aromatic carbocycles. The molecule has 3 N–H and O–H groups in total. The molecule has 0 bridgehead atoms. The van der Waals surface area contributed by atoms with Crippen molar-refractivity contribution in [3.05, 3.63) is 53.6 Å². The summed E-state index contributed by atoms with van der Waals surface area (Å²) in [6.07, 6.45) is 1.26. The summed E-state index contributed by atoms with van der Waals surface area (Å²) in [6.45, 7) is 3.04. The van der Waals surface area contributed by atoms with Gasteiger partial charge in [0, 0.05) is 30.8 Å². The Bertz CT molecular complexity index is 822. The van der Waals surface area contributed by atoms with Crippen molar-refractivity contribution in [2.45, 2.75) is 25.8 Å². The molecule has 1 saturated heterocycles. The zero-order valence-corrected chi connectivity index (χ0v) is 15.7. The van der Waals surface area contributed by atoms with Gasteiger partial charge in [-0.3, -0.25) is 9.59 Å². The molecule has 3 rings (SSSR count). The van der Waals surface area contributed by atoms with Crippen LogP contribution in [0.3, 0.4) is 0 Å². The molecule has 0 unspecified atom stereocenters. The van der Waals surface area contributed by atoms with Crippen LogP contribution in [0.1, 0.15) is 28.8 Å². The van der Waals surface area contributed by atoms with Crippen LogP contribution in [-0.4, -0.2) is 52.7 Å². The zero-order chi connectivity index (χ0) is 20.1. The topological polar surface area (TPSA) is 99.1 Å². The second kappa shape index (κ2) is 8.65. The van der Waals surface area contributed by atoms with Gasteiger partial charge >= 0.3 is 0 Å². The number of amides is 2. The number of likely N-dealkylation sites (tertiary alicyclic amines) is 1. The fourth-order valence-electron chi connectivity index (χ4n) is 3.14. The van der Waals surface area contributed by atoms with Gasteiger partial charge in [0.15, 0.2) is 6.61 Å². The molecule has 28 heavy (non-hydrogen) atoms. The smallest absolute Gasteiger partial charge is 0.260 e. The highest BCUT2D eigenvalue weighted by Crippen LogP contribution is 2.21. The van der Waals surface area contributed by atoms with Crippen molar-refractivity contribution in [2.24, 2.45) is 0 Å². The molecule has 0 spiro atoms. The van der Waals surface area contributed by atoms with Crippen LogP contribution >= 0.6 is 0 Å². The van der Waals surface area contributed by atoms with Crippen LogP contribution in [0, 0.1) is 6.92 Å². The monoisotopic (exact) mass is 384 g/mol. The summed E-state index contributed by atoms with van der Waals surface area (Å²) < 4.78 is 5.54. The highest BCUT2D eigenvalue weighted by atomic mass is 16.5. The maximum atomic E-state index is 12.3. The van der Waals surface area contributed by atoms with Crippen LogP contribution in [0.15, 0.2) is 42.5 Å². The normalized spacial score (nSPS) is 14.5. The number of piperidine rings is 1. The summed E-state index contributed by atoms with van der Waals surface area (Å²) >= 11 is 0. The van der Waals surface area contributed by atoms with E-state index in [4.69, 9.17) is 4.74 Å². The predicted octanol–water partition coefficient (Wildman–Crippen LogP) is 2.21. The standard InChI is InChI=1S/C21H24N2O5/c1-14-2-4-19(5-3-14)28-13-20(26)23-8-6-16(7-9-23)22-21(27)15-10-17(24)12-18(25)11-15/h2-5,10-12,16,24-25H,6-9,13H2,1H3,(H,22,27). The third kappa shape index (κ3) is 5.16. The number of phenolic OH excluding ortho intramolecular Hbond substituents is 2. The van der Waals surface area contributed by atoms with E-state index in [-0.39, 0.29) is 41.5 Å². The van der Waals surface area contributed by atoms with Crippen LogP contribution in [0.2, 0.25) is 0 Å². The lowest BCUT2D eigenvalue weighted by atomic mass is 10.0. The second-order valence-electron chi connectivity index (χ2n) is 6.97. The van der Waals surface area contributed by atoms with Crippen LogP contribution in [0.5, 0.6) is 17.2 Å². The van der Waals surface area contributed by atoms with Crippen LogP contribution in [0.25, 0.3) is 0 Å². The highest BCUT2D eigenvalue weighted by molar-refractivity contribution is 5.95. The van der Waals surface area contributed by atoms with E-state index in [1.807, 2.05) is 31.2 Å². The minimum absolute atomic E-state index is 0.0113. The third-order valence-corrected chi connectivity index (χ3v) is 4.73. The summed E-state index contributed by atoms with van der Waals surface area (Å²) in [4.78, 5) is 26.3. The van der Waals surface area contributed by atoms with Gasteiger partial charge in [0.1, 0.15) is 17.2 Å². The Kier molecular flexibility index (Phi) is 6.03. The quantitative estimate of drug-likeness (QED) is 0.734. The van der Waals surface area contributed by atoms with E-state index in [9.17, 15) is 19.8 Å². The minimum atomic E-state index is -0.362. The SMILES string of the molecule is Cc1ccc(OCC(=O)N2CCC(NC(=O)c3cc(O)cc(O)c3)CC2)cc1. The van der Waals surface area contributed by atoms with Crippen LogP contribution in [-0.2, 0) is 4.79 Å². The van der Waals surface area contributed by atoms with Gasteiger partial charge in [0.2, 0.25) is 0 Å². The Morgan fingerprint density at radius 2 is 1.68 bits per heavy atom. The van der Waals surface area contributed by atoms with Crippen molar-refractivity contribution in [2.75, 3.05) is 19.7 Å². The second-order valence-corrected chi connectivity index (χ2v) is 6.97. The number of carbonyl (C=O) groups is 2. The van der Waals surface area contributed by atoms with E-state index in [1.165, 1.54) is 18.2 Å². The summed E-state index contributed by atoms with van der Waals surface area (Å²) in [5, 5.41) is 21.9. The Morgan fingerprint density at radius 1 is 1.07 bits per heavy atom. The largest absolute Gasteiger partial charge is 0.508 e. The fraction of sp³-hybridized carbons (Fsp3) is 0.333. The van der Waals surface area contributed by atoms with E-state index >= 15 is 0 Å². The van der Waals surface area contributed by atoms with E-state index < -0.39 is 0 Å². The zero-order valence-electron chi connectivity index (χ0n) is 15.7. The van der Waals surface area contributed by atoms with Gasteiger partial charge in [0.25, 0.3) is 11.8 Å². The van der Waals surface area contributed by atoms with E-state index in [0.717, 1.165) is 5.56 Å². The van der Waals surface area contributed by atoms with Crippen LogP contribution < -0.4 is 10.1 Å². The van der Waals surface area contributed by atoms with E-state index in [2.05, 4.69) is 5.32 Å². The number of ether oxygens (including phenoxy) is 1. The Balaban J connectivity index is 1.45. The van der Waals surface area contributed by atoms with Crippen LogP contribution in [0.4, 0.5) is 0 Å². The van der Waals surface area contributed by atoms with Gasteiger partial charge in [-0.25, -0.2) is 0 Å². The molecule has 1 aliphatic rings. The average Bonchev–Trinajstić information content (AvgIpc) is 2.67. The first kappa shape index (κ1) is 19.5. The Morgan fingerprint density at radius 3 is 2.29 bits per heavy atom. The minimum Gasteiger partial charge on any atom is -0.508 e. The Hall–Kier alpha value is -3.22. The fourth-order valence-corrected chi connectivity index (χ4v) is 3.14. The van der Waals surface area contributed by atoms with Gasteiger partial charge in [0.05, 0.1) is 0 Å². The van der Waals surface area contributed by atoms with Crippen molar-refractivity contribution in [1.82, 2.24) is 10.2 Å². The van der Waals surface area contributed by atoms with Gasteiger partial charge < -0.3 is 25.2 Å². The number of hydrogen-bond acceptors (Lipinski definition) is 5. The van der Waals surface area contributed by atoms with Crippen molar-refractivity contribution in [3.63, 3.8) is 0 Å². The summed E-state index contributed by atoms with van der Waals surface area (Å²) in [7, 11) is 0. The van der Waals surface area contributed by atoms with Gasteiger partial charge in [-0.05, 0) is 44.0 Å². The predicted molar refractivity (Wildman–Crippen MR) is 104 cm³/mol. The Labute approximate surface area is 163 Å². The molecule has 0 aliphatic carbocycles. The maximum Gasteiger partial charge on any atom is 0.260 e. The molecule has 2 aromatic rings. The molecule has 0 saturated carbocycles. The van der Waals surface area contributed by atoms with Crippen molar-refractivity contribution < 1.29 is 24.5 Å². The number of carbonyl (C=O) groups excluding carboxylic acids is 2. The molecule has 148 valence electrons. The lowest BCUT2D eigenvalue weighted by Gasteiger charge is -2.32. The lowest BCUT2D eigenvalue weighted by Crippen LogP contribution is -2.47. The number of hydrogen-bond donors (Lipinski definition) is 3. The van der Waals surface area contributed by atoms with Crippen molar-refractivity contribution in [1.29, 1.82) is 0 Å². The molecule has 1 heterocycles. The third-order valence-electron chi connectivity index (χ3n) is 4.73. The number of rotatable bonds is 5. The van der Waals surface area contributed by atoms with E-state index in [0.29, 0.717) is 31.7 Å². The molecule has 0 atom stereocenters. The molecule has 2 amide bonds. The lowest BCUT2D eigenvalue weighted by molar-refractivity contribution is -0.134. The van der Waals surface area contributed by atoms with Crippen molar-refractivity contribution >= 4 is 11.8 Å². The molecule has 1 fully saturated rings. The van der Waals surface area contributed by atoms with E-state index in [1.54, 1.807) is 4.90 Å². The summed E-state index contributed by atoms with van der Waals surface area (Å²) in [5.41, 5.74) is 1.33. The van der Waals surface area contributed by atoms with Gasteiger partial charge in [-0.2, -0.15) is 0 Å². The average molecular weight is 384 g/mol. The first-order valence-corrected chi connectivity index (χ1v) is 9.22. The first-order valence-electron chi connectivity index (χ1n) is 9.22. The number of phenols is 2. The molecule has 0 aromatic heterocycles. The molecular weight excluding hydrogens is 360 g/mol. The summed E-state index contributed by atoms with van der Waals surface area (Å²) in [5.74, 6) is -0.115. The van der Waals surface area contributed by atoms with Crippen molar-refractivity contribution in [3.8, 4) is 17.2 Å². The highest BCUT2D eigenvalue weighted by Gasteiger charge is 2.24. The molecule has 0 radical (unpaired) electrons. The van der Waals surface area contributed by atoms with Gasteiger partial charge in [-0.15, -0.1) is 0 Å². The first-order chi connectivity index (χ1) is 13.4. The summed E-state index contributed by atoms with van der Waals surface area (Å²) in [6, 6.07) is 11.2. The number of nitrogens with zero attached hydrogens (tertiary/aromatic N) is 1. The number of aryl methyl sites for hydroxylation is 1. The number of nitrogens with one attached hydrogen (secondary N) is 1. The molecule has 1 aliphatic heterocycles. The molecule has 7 nitrogen and oxygen atoms in total. The molecular formula is C21H24N2O5. The van der Waals surface area contributed by atoms with Gasteiger partial charge in [-0.1, -0.05) is 17.7 Å². The number of benzene rings is 2.